The quantitative estimate of drug-likeness (QED) is 0.0650. The second kappa shape index (κ2) is 19.0. The summed E-state index contributed by atoms with van der Waals surface area (Å²) in [4.78, 5) is 56.0. The fourth-order valence-electron chi connectivity index (χ4n) is 5.74. The lowest BCUT2D eigenvalue weighted by atomic mass is 10.1. The molecule has 292 valence electrons. The predicted octanol–water partition coefficient (Wildman–Crippen LogP) is 5.79. The number of imide groups is 1. The molecule has 2 aromatic carbocycles. The van der Waals surface area contributed by atoms with Gasteiger partial charge in [-0.3, -0.25) is 29.1 Å². The van der Waals surface area contributed by atoms with Crippen LogP contribution < -0.4 is 15.2 Å². The van der Waals surface area contributed by atoms with E-state index in [1.807, 2.05) is 54.2 Å². The van der Waals surface area contributed by atoms with Gasteiger partial charge in [-0.1, -0.05) is 13.0 Å². The zero-order valence-corrected chi connectivity index (χ0v) is 33.0. The molecule has 5 rings (SSSR count). The first-order valence-corrected chi connectivity index (χ1v) is 18.8. The van der Waals surface area contributed by atoms with Crippen LogP contribution in [0.2, 0.25) is 0 Å². The number of rotatable bonds is 20. The smallest absolute Gasteiger partial charge is 0.306 e. The number of fused-ring (bicyclic) bond motifs is 1. The molecule has 3 amide bonds. The Morgan fingerprint density at radius 2 is 1.62 bits per heavy atom. The van der Waals surface area contributed by atoms with Gasteiger partial charge in [0.2, 0.25) is 5.91 Å². The molecule has 3 heterocycles. The minimum atomic E-state index is -1.32. The lowest BCUT2D eigenvalue weighted by molar-refractivity contribution is -0.155. The maximum atomic E-state index is 13.4. The number of primary amides is 1. The Balaban J connectivity index is 0.971. The number of ether oxygens (including phenoxy) is 5. The summed E-state index contributed by atoms with van der Waals surface area (Å²) in [7, 11) is 0. The zero-order chi connectivity index (χ0) is 39.5. The maximum absolute atomic E-state index is 13.4. The van der Waals surface area contributed by atoms with Crippen molar-refractivity contribution in [1.29, 1.82) is 0 Å². The van der Waals surface area contributed by atoms with Crippen molar-refractivity contribution in [1.82, 2.24) is 19.7 Å². The van der Waals surface area contributed by atoms with Gasteiger partial charge in [-0.25, -0.2) is 4.68 Å². The van der Waals surface area contributed by atoms with Crippen LogP contribution in [0.15, 0.2) is 77.7 Å². The van der Waals surface area contributed by atoms with Crippen LogP contribution in [0, 0.1) is 5.92 Å². The van der Waals surface area contributed by atoms with Crippen molar-refractivity contribution in [3.05, 3.63) is 88.8 Å². The van der Waals surface area contributed by atoms with E-state index in [1.54, 1.807) is 45.3 Å². The van der Waals surface area contributed by atoms with Crippen molar-refractivity contribution >= 4 is 39.6 Å². The molecule has 0 spiro atoms. The Kier molecular flexibility index (Phi) is 14.2. The van der Waals surface area contributed by atoms with Gasteiger partial charge in [0, 0.05) is 49.5 Å². The Labute approximate surface area is 328 Å². The van der Waals surface area contributed by atoms with Crippen LogP contribution >= 0.6 is 15.9 Å². The highest BCUT2D eigenvalue weighted by Gasteiger charge is 2.44. The van der Waals surface area contributed by atoms with Gasteiger partial charge in [0.1, 0.15) is 28.8 Å². The van der Waals surface area contributed by atoms with E-state index in [-0.39, 0.29) is 42.2 Å². The van der Waals surface area contributed by atoms with Gasteiger partial charge < -0.3 is 29.4 Å². The zero-order valence-electron chi connectivity index (χ0n) is 31.4. The van der Waals surface area contributed by atoms with Crippen LogP contribution in [0.25, 0.3) is 16.9 Å². The SMILES string of the molecule is CC(COCCOCCCOc1cccc2c1C(=O)N(C(CCC(=O)OC(C)(C)C)C(N)=O)C2=O)COc1ccc(-n2cc(Br)c(-c3ccncc3)n2)cc1. The fourth-order valence-corrected chi connectivity index (χ4v) is 6.24. The summed E-state index contributed by atoms with van der Waals surface area (Å²) in [6.45, 7) is 9.60. The number of pyridine rings is 1. The molecule has 4 aromatic rings. The Bertz CT molecular complexity index is 1950. The monoisotopic (exact) mass is 819 g/mol. The molecular weight excluding hydrogens is 774 g/mol. The molecule has 0 saturated heterocycles. The van der Waals surface area contributed by atoms with Crippen molar-refractivity contribution in [2.24, 2.45) is 11.7 Å². The van der Waals surface area contributed by atoms with Crippen LogP contribution in [0.4, 0.5) is 0 Å². The average molecular weight is 821 g/mol. The summed E-state index contributed by atoms with van der Waals surface area (Å²) in [5.41, 5.74) is 7.72. The normalized spacial score (nSPS) is 13.7. The van der Waals surface area contributed by atoms with Crippen molar-refractivity contribution in [3.8, 4) is 28.4 Å². The number of hydrogen-bond donors (Lipinski definition) is 1. The molecule has 2 N–H and O–H groups in total. The number of hydrogen-bond acceptors (Lipinski definition) is 11. The summed E-state index contributed by atoms with van der Waals surface area (Å²) in [5.74, 6) is -1.73. The number of amides is 3. The number of carbonyl (C=O) groups is 4. The van der Waals surface area contributed by atoms with Crippen molar-refractivity contribution in [2.45, 2.75) is 58.6 Å². The molecular formula is C40H46BrN5O9. The molecule has 0 saturated carbocycles. The summed E-state index contributed by atoms with van der Waals surface area (Å²) in [6.07, 6.45) is 5.56. The molecule has 55 heavy (non-hydrogen) atoms. The fraction of sp³-hybridized carbons (Fsp3) is 0.400. The summed E-state index contributed by atoms with van der Waals surface area (Å²) in [5, 5.41) is 4.70. The van der Waals surface area contributed by atoms with E-state index in [0.29, 0.717) is 39.5 Å². The molecule has 15 heteroatoms. The number of benzene rings is 2. The molecule has 0 fully saturated rings. The van der Waals surface area contributed by atoms with Gasteiger partial charge >= 0.3 is 5.97 Å². The van der Waals surface area contributed by atoms with Crippen LogP contribution in [0.5, 0.6) is 11.5 Å². The summed E-state index contributed by atoms with van der Waals surface area (Å²) < 4.78 is 31.3. The van der Waals surface area contributed by atoms with Gasteiger partial charge in [0.15, 0.2) is 0 Å². The molecule has 1 aliphatic rings. The van der Waals surface area contributed by atoms with Gasteiger partial charge in [0.05, 0.1) is 54.3 Å². The maximum Gasteiger partial charge on any atom is 0.306 e. The van der Waals surface area contributed by atoms with Crippen molar-refractivity contribution < 1.29 is 42.9 Å². The van der Waals surface area contributed by atoms with Crippen LogP contribution in [0.1, 0.15) is 67.7 Å². The molecule has 2 aromatic heterocycles. The number of esters is 1. The highest BCUT2D eigenvalue weighted by Crippen LogP contribution is 2.33. The van der Waals surface area contributed by atoms with E-state index in [2.05, 4.69) is 20.9 Å². The molecule has 0 radical (unpaired) electrons. The third kappa shape index (κ3) is 11.2. The number of nitrogens with two attached hydrogens (primary N) is 1. The highest BCUT2D eigenvalue weighted by molar-refractivity contribution is 9.10. The molecule has 2 atom stereocenters. The van der Waals surface area contributed by atoms with Gasteiger partial charge in [-0.15, -0.1) is 0 Å². The first kappa shape index (κ1) is 41.1. The second-order valence-corrected chi connectivity index (χ2v) is 14.9. The molecule has 14 nitrogen and oxygen atoms in total. The number of halogens is 1. The largest absolute Gasteiger partial charge is 0.493 e. The predicted molar refractivity (Wildman–Crippen MR) is 206 cm³/mol. The standard InChI is InChI=1S/C40H46BrN5O9/c1-26(25-54-29-11-9-28(10-12-29)45-23-31(41)36(44-45)27-15-17-43-18-16-27)24-52-22-21-51-19-6-20-53-33-8-5-7-30-35(33)39(50)46(38(30)49)32(37(42)48)13-14-34(47)55-40(2,3)4/h5,7-12,15-18,23,26,32H,6,13-14,19-22,24-25H2,1-4H3,(H2,42,48). The topological polar surface area (TPSA) is 174 Å². The van der Waals surface area contributed by atoms with Gasteiger partial charge in [-0.05, 0) is 91.7 Å². The highest BCUT2D eigenvalue weighted by atomic mass is 79.9. The van der Waals surface area contributed by atoms with Crippen LogP contribution in [0.3, 0.4) is 0 Å². The number of aromatic nitrogens is 3. The van der Waals surface area contributed by atoms with E-state index < -0.39 is 35.3 Å². The molecule has 0 aliphatic carbocycles. The van der Waals surface area contributed by atoms with E-state index in [1.165, 1.54) is 6.07 Å². The second-order valence-electron chi connectivity index (χ2n) is 14.0. The van der Waals surface area contributed by atoms with Crippen molar-refractivity contribution in [3.63, 3.8) is 0 Å². The number of nitrogens with zero attached hydrogens (tertiary/aromatic N) is 4. The molecule has 2 unspecified atom stereocenters. The first-order valence-electron chi connectivity index (χ1n) is 18.0. The molecule has 1 aliphatic heterocycles. The minimum absolute atomic E-state index is 0.0546. The third-order valence-corrected chi connectivity index (χ3v) is 8.89. The summed E-state index contributed by atoms with van der Waals surface area (Å²) in [6, 6.07) is 14.9. The van der Waals surface area contributed by atoms with Gasteiger partial charge in [-0.2, -0.15) is 5.10 Å². The lowest BCUT2D eigenvalue weighted by Crippen LogP contribution is -2.48. The average Bonchev–Trinajstić information content (AvgIpc) is 3.66. The van der Waals surface area contributed by atoms with Crippen molar-refractivity contribution in [2.75, 3.05) is 39.6 Å². The Morgan fingerprint density at radius 3 is 2.33 bits per heavy atom. The number of carbonyl (C=O) groups excluding carboxylic acids is 4. The van der Waals surface area contributed by atoms with E-state index in [0.717, 1.165) is 32.1 Å². The summed E-state index contributed by atoms with van der Waals surface area (Å²) >= 11 is 3.60. The van der Waals surface area contributed by atoms with Crippen LogP contribution in [-0.4, -0.2) is 94.6 Å². The van der Waals surface area contributed by atoms with E-state index >= 15 is 0 Å². The molecule has 0 bridgehead atoms. The van der Waals surface area contributed by atoms with E-state index in [9.17, 15) is 19.2 Å². The van der Waals surface area contributed by atoms with Crippen LogP contribution in [-0.2, 0) is 23.8 Å². The van der Waals surface area contributed by atoms with Gasteiger partial charge in [0.25, 0.3) is 11.8 Å². The Hall–Kier alpha value is -5.12. The lowest BCUT2D eigenvalue weighted by Gasteiger charge is -2.24. The Morgan fingerprint density at radius 1 is 0.891 bits per heavy atom. The first-order chi connectivity index (χ1) is 26.3. The minimum Gasteiger partial charge on any atom is -0.493 e. The third-order valence-electron chi connectivity index (χ3n) is 8.31. The van der Waals surface area contributed by atoms with E-state index in [4.69, 9.17) is 34.5 Å².